The Labute approximate surface area is 154 Å². The molecule has 1 aromatic carbocycles. The maximum Gasteiger partial charge on any atom is 0.329 e. The van der Waals surface area contributed by atoms with Crippen molar-refractivity contribution < 1.29 is 4.39 Å². The second-order valence-electron chi connectivity index (χ2n) is 6.68. The van der Waals surface area contributed by atoms with E-state index in [1.54, 1.807) is 23.7 Å². The summed E-state index contributed by atoms with van der Waals surface area (Å²) in [5.41, 5.74) is 3.12. The van der Waals surface area contributed by atoms with Gasteiger partial charge < -0.3 is 4.57 Å². The van der Waals surface area contributed by atoms with Gasteiger partial charge in [-0.05, 0) is 30.0 Å². The van der Waals surface area contributed by atoms with Gasteiger partial charge in [0.15, 0.2) is 11.2 Å². The summed E-state index contributed by atoms with van der Waals surface area (Å²) in [6.45, 7) is 4.71. The number of halogens is 1. The summed E-state index contributed by atoms with van der Waals surface area (Å²) in [5.74, 6) is 0.455. The lowest BCUT2D eigenvalue weighted by Crippen LogP contribution is -2.29. The van der Waals surface area contributed by atoms with Gasteiger partial charge in [-0.25, -0.2) is 14.6 Å². The van der Waals surface area contributed by atoms with Crippen molar-refractivity contribution in [2.75, 3.05) is 5.43 Å². The quantitative estimate of drug-likeness (QED) is 0.511. The fourth-order valence-electron chi connectivity index (χ4n) is 2.64. The number of aromatic nitrogens is 4. The first-order chi connectivity index (χ1) is 12.9. The predicted octanol–water partition coefficient (Wildman–Crippen LogP) is 2.05. The fourth-order valence-corrected chi connectivity index (χ4v) is 2.64. The third kappa shape index (κ3) is 3.97. The van der Waals surface area contributed by atoms with Crippen molar-refractivity contribution in [2.45, 2.75) is 26.8 Å². The van der Waals surface area contributed by atoms with Crippen molar-refractivity contribution in [1.82, 2.24) is 19.1 Å². The molecule has 0 aliphatic rings. The summed E-state index contributed by atoms with van der Waals surface area (Å²) in [6, 6.07) is 5.87. The lowest BCUT2D eigenvalue weighted by molar-refractivity contribution is 0.524. The molecule has 8 nitrogen and oxygen atoms in total. The average molecular weight is 372 g/mol. The van der Waals surface area contributed by atoms with E-state index in [-0.39, 0.29) is 11.5 Å². The highest BCUT2D eigenvalue weighted by Gasteiger charge is 2.17. The number of nitrogens with zero attached hydrogens (tertiary/aromatic N) is 4. The van der Waals surface area contributed by atoms with Crippen LogP contribution in [0.1, 0.15) is 25.8 Å². The van der Waals surface area contributed by atoms with Crippen LogP contribution in [0.15, 0.2) is 39.0 Å². The lowest BCUT2D eigenvalue weighted by Gasteiger charge is -2.09. The first-order valence-corrected chi connectivity index (χ1v) is 8.61. The number of rotatable bonds is 6. The molecule has 0 unspecified atom stereocenters. The molecule has 0 saturated heterocycles. The predicted molar refractivity (Wildman–Crippen MR) is 103 cm³/mol. The van der Waals surface area contributed by atoms with Crippen LogP contribution in [-0.4, -0.2) is 25.3 Å². The highest BCUT2D eigenvalue weighted by Crippen LogP contribution is 2.17. The van der Waals surface area contributed by atoms with E-state index in [1.807, 2.05) is 0 Å². The molecular weight excluding hydrogens is 351 g/mol. The molecule has 27 heavy (non-hydrogen) atoms. The van der Waals surface area contributed by atoms with Crippen molar-refractivity contribution in [2.24, 2.45) is 18.1 Å². The molecule has 0 spiro atoms. The summed E-state index contributed by atoms with van der Waals surface area (Å²) < 4.78 is 16.0. The summed E-state index contributed by atoms with van der Waals surface area (Å²) in [4.78, 5) is 30.8. The van der Waals surface area contributed by atoms with Crippen molar-refractivity contribution >= 4 is 23.3 Å². The summed E-state index contributed by atoms with van der Waals surface area (Å²) in [7, 11) is 1.55. The Balaban J connectivity index is 2.00. The number of aromatic amines is 1. The van der Waals surface area contributed by atoms with E-state index in [1.165, 1.54) is 22.9 Å². The highest BCUT2D eigenvalue weighted by molar-refractivity contribution is 5.80. The van der Waals surface area contributed by atoms with Gasteiger partial charge in [-0.2, -0.15) is 10.1 Å². The number of hydrogen-bond donors (Lipinski definition) is 2. The maximum atomic E-state index is 13.0. The zero-order valence-corrected chi connectivity index (χ0v) is 15.4. The Morgan fingerprint density at radius 3 is 2.67 bits per heavy atom. The number of benzene rings is 1. The third-order valence-corrected chi connectivity index (χ3v) is 4.19. The maximum absolute atomic E-state index is 13.0. The van der Waals surface area contributed by atoms with Gasteiger partial charge in [0, 0.05) is 13.6 Å². The smallest absolute Gasteiger partial charge is 0.303 e. The molecule has 0 amide bonds. The van der Waals surface area contributed by atoms with Crippen LogP contribution in [0.2, 0.25) is 0 Å². The van der Waals surface area contributed by atoms with Crippen molar-refractivity contribution in [3.8, 4) is 0 Å². The largest absolute Gasteiger partial charge is 0.329 e. The molecule has 3 rings (SSSR count). The molecule has 0 bridgehead atoms. The van der Waals surface area contributed by atoms with Gasteiger partial charge >= 0.3 is 5.69 Å². The molecule has 0 saturated carbocycles. The highest BCUT2D eigenvalue weighted by atomic mass is 19.1. The molecule has 0 aliphatic carbocycles. The molecule has 2 heterocycles. The number of nitrogens with one attached hydrogen (secondary N) is 2. The fraction of sp³-hybridized carbons (Fsp3) is 0.333. The van der Waals surface area contributed by atoms with Crippen molar-refractivity contribution in [1.29, 1.82) is 0 Å². The van der Waals surface area contributed by atoms with Crippen LogP contribution >= 0.6 is 0 Å². The van der Waals surface area contributed by atoms with Crippen LogP contribution in [0.4, 0.5) is 10.3 Å². The number of hydrazone groups is 1. The second kappa shape index (κ2) is 7.56. The number of fused-ring (bicyclic) bond motifs is 1. The van der Waals surface area contributed by atoms with Gasteiger partial charge in [0.2, 0.25) is 5.95 Å². The molecule has 142 valence electrons. The summed E-state index contributed by atoms with van der Waals surface area (Å²) in [6.07, 6.45) is 2.35. The van der Waals surface area contributed by atoms with Crippen molar-refractivity contribution in [3.05, 3.63) is 56.5 Å². The van der Waals surface area contributed by atoms with E-state index in [2.05, 4.69) is 34.3 Å². The Kier molecular flexibility index (Phi) is 5.20. The van der Waals surface area contributed by atoms with E-state index in [0.717, 1.165) is 6.42 Å². The Morgan fingerprint density at radius 2 is 2.00 bits per heavy atom. The zero-order chi connectivity index (χ0) is 19.6. The molecule has 0 fully saturated rings. The van der Waals surface area contributed by atoms with Gasteiger partial charge in [-0.3, -0.25) is 14.3 Å². The number of imidazole rings is 1. The molecule has 0 aliphatic heterocycles. The molecule has 0 radical (unpaired) electrons. The van der Waals surface area contributed by atoms with Crippen LogP contribution in [0.25, 0.3) is 11.2 Å². The first kappa shape index (κ1) is 18.6. The van der Waals surface area contributed by atoms with Crippen LogP contribution in [0.5, 0.6) is 0 Å². The van der Waals surface area contributed by atoms with Gasteiger partial charge in [0.1, 0.15) is 5.82 Å². The van der Waals surface area contributed by atoms with E-state index >= 15 is 0 Å². The molecule has 2 aromatic heterocycles. The molecule has 2 N–H and O–H groups in total. The number of aryl methyl sites for hydroxylation is 2. The van der Waals surface area contributed by atoms with E-state index in [9.17, 15) is 14.0 Å². The SMILES string of the molecule is CC(C)CCn1c(N/N=C\c2ccc(F)cc2)nc2c1c(=O)[nH]c(=O)n2C. The third-order valence-electron chi connectivity index (χ3n) is 4.19. The lowest BCUT2D eigenvalue weighted by atomic mass is 10.1. The van der Waals surface area contributed by atoms with Crippen LogP contribution < -0.4 is 16.7 Å². The number of H-pyrrole nitrogens is 1. The first-order valence-electron chi connectivity index (χ1n) is 8.61. The van der Waals surface area contributed by atoms with Crippen LogP contribution in [-0.2, 0) is 13.6 Å². The standard InChI is InChI=1S/C18H21FN6O2/c1-11(2)8-9-25-14-15(24(3)18(27)22-16(14)26)21-17(25)23-20-10-12-4-6-13(19)7-5-12/h4-7,10-11H,8-9H2,1-3H3,(H,21,23)(H,22,26,27)/b20-10-. The summed E-state index contributed by atoms with van der Waals surface area (Å²) in [5, 5.41) is 4.13. The minimum absolute atomic E-state index is 0.284. The minimum Gasteiger partial charge on any atom is -0.303 e. The number of anilines is 1. The molecule has 0 atom stereocenters. The monoisotopic (exact) mass is 372 g/mol. The topological polar surface area (TPSA) is 97.1 Å². The average Bonchev–Trinajstić information content (AvgIpc) is 2.99. The van der Waals surface area contributed by atoms with Gasteiger partial charge in [0.05, 0.1) is 6.21 Å². The van der Waals surface area contributed by atoms with Crippen LogP contribution in [0.3, 0.4) is 0 Å². The molecular formula is C18H21FN6O2. The van der Waals surface area contributed by atoms with E-state index in [0.29, 0.717) is 29.5 Å². The normalized spacial score (nSPS) is 11.7. The van der Waals surface area contributed by atoms with Gasteiger partial charge in [-0.15, -0.1) is 0 Å². The number of hydrogen-bond acceptors (Lipinski definition) is 5. The van der Waals surface area contributed by atoms with E-state index in [4.69, 9.17) is 0 Å². The van der Waals surface area contributed by atoms with Gasteiger partial charge in [-0.1, -0.05) is 26.0 Å². The Hall–Kier alpha value is -3.23. The molecule has 3 aromatic rings. The van der Waals surface area contributed by atoms with Crippen LogP contribution in [0, 0.1) is 11.7 Å². The minimum atomic E-state index is -0.526. The second-order valence-corrected chi connectivity index (χ2v) is 6.68. The summed E-state index contributed by atoms with van der Waals surface area (Å²) >= 11 is 0. The zero-order valence-electron chi connectivity index (χ0n) is 15.4. The molecule has 9 heteroatoms. The Bertz CT molecular complexity index is 1090. The Morgan fingerprint density at radius 1 is 1.30 bits per heavy atom. The van der Waals surface area contributed by atoms with Crippen molar-refractivity contribution in [3.63, 3.8) is 0 Å². The van der Waals surface area contributed by atoms with E-state index < -0.39 is 11.2 Å². The van der Waals surface area contributed by atoms with Gasteiger partial charge in [0.25, 0.3) is 5.56 Å².